The first-order valence-electron chi connectivity index (χ1n) is 7.15. The van der Waals surface area contributed by atoms with Gasteiger partial charge < -0.3 is 5.32 Å². The Morgan fingerprint density at radius 3 is 2.87 bits per heavy atom. The van der Waals surface area contributed by atoms with Crippen LogP contribution in [0.15, 0.2) is 47.3 Å². The Morgan fingerprint density at radius 1 is 1.30 bits per heavy atom. The Hall–Kier alpha value is -1.92. The van der Waals surface area contributed by atoms with Crippen molar-refractivity contribution in [1.29, 1.82) is 0 Å². The lowest BCUT2D eigenvalue weighted by atomic mass is 10.1. The quantitative estimate of drug-likeness (QED) is 0.710. The number of pyridine rings is 1. The van der Waals surface area contributed by atoms with Gasteiger partial charge in [-0.1, -0.05) is 23.7 Å². The van der Waals surface area contributed by atoms with E-state index in [0.717, 1.165) is 22.3 Å². The van der Waals surface area contributed by atoms with E-state index in [1.165, 1.54) is 5.56 Å². The molecule has 118 valence electrons. The molecule has 0 bridgehead atoms. The van der Waals surface area contributed by atoms with Gasteiger partial charge in [0.1, 0.15) is 6.33 Å². The van der Waals surface area contributed by atoms with Gasteiger partial charge in [-0.3, -0.25) is 9.20 Å². The van der Waals surface area contributed by atoms with Crippen molar-refractivity contribution in [3.63, 3.8) is 0 Å². The van der Waals surface area contributed by atoms with Crippen LogP contribution in [-0.2, 0) is 11.2 Å². The highest BCUT2D eigenvalue weighted by atomic mass is 79.9. The largest absolute Gasteiger partial charge is 0.323 e. The molecule has 3 aromatic rings. The number of aromatic nitrogens is 3. The summed E-state index contributed by atoms with van der Waals surface area (Å²) < 4.78 is 2.61. The van der Waals surface area contributed by atoms with Gasteiger partial charge in [0, 0.05) is 22.1 Å². The number of carbonyl (C=O) groups excluding carboxylic acids is 1. The highest BCUT2D eigenvalue weighted by molar-refractivity contribution is 9.10. The van der Waals surface area contributed by atoms with E-state index in [2.05, 4.69) is 31.4 Å². The number of fused-ring (bicyclic) bond motifs is 1. The predicted octanol–water partition coefficient (Wildman–Crippen LogP) is 4.11. The van der Waals surface area contributed by atoms with Crippen molar-refractivity contribution in [2.75, 3.05) is 5.32 Å². The summed E-state index contributed by atoms with van der Waals surface area (Å²) in [5.41, 5.74) is 2.44. The Bertz CT molecular complexity index is 832. The molecule has 5 nitrogen and oxygen atoms in total. The summed E-state index contributed by atoms with van der Waals surface area (Å²) >= 11 is 9.27. The normalized spacial score (nSPS) is 10.9. The monoisotopic (exact) mass is 392 g/mol. The number of amides is 1. The standard InChI is InChI=1S/C16H14BrClN4O/c17-12-8-14(16-21-19-10-22(16)9-12)20-15(23)3-1-2-11-4-6-13(18)7-5-11/h4-10H,1-3H2,(H,20,23). The minimum absolute atomic E-state index is 0.0398. The van der Waals surface area contributed by atoms with E-state index in [1.54, 1.807) is 10.7 Å². The van der Waals surface area contributed by atoms with Crippen LogP contribution < -0.4 is 5.32 Å². The first-order valence-corrected chi connectivity index (χ1v) is 8.32. The van der Waals surface area contributed by atoms with Gasteiger partial charge >= 0.3 is 0 Å². The summed E-state index contributed by atoms with van der Waals surface area (Å²) in [4.78, 5) is 12.1. The molecule has 3 rings (SSSR count). The summed E-state index contributed by atoms with van der Waals surface area (Å²) in [6.07, 6.45) is 5.48. The molecule has 23 heavy (non-hydrogen) atoms. The SMILES string of the molecule is O=C(CCCc1ccc(Cl)cc1)Nc1cc(Br)cn2cnnc12. The van der Waals surface area contributed by atoms with Gasteiger partial charge in [0.2, 0.25) is 5.91 Å². The van der Waals surface area contributed by atoms with Gasteiger partial charge in [0.25, 0.3) is 0 Å². The van der Waals surface area contributed by atoms with Gasteiger partial charge in [0.15, 0.2) is 5.65 Å². The van der Waals surface area contributed by atoms with E-state index in [-0.39, 0.29) is 5.91 Å². The van der Waals surface area contributed by atoms with Crippen LogP contribution in [0.2, 0.25) is 5.02 Å². The second-order valence-electron chi connectivity index (χ2n) is 5.16. The number of hydrogen-bond acceptors (Lipinski definition) is 3. The Kier molecular flexibility index (Phi) is 4.93. The van der Waals surface area contributed by atoms with Crippen molar-refractivity contribution in [3.05, 3.63) is 57.9 Å². The third-order valence-electron chi connectivity index (χ3n) is 3.42. The van der Waals surface area contributed by atoms with Gasteiger partial charge in [-0.25, -0.2) is 0 Å². The topological polar surface area (TPSA) is 59.3 Å². The fourth-order valence-corrected chi connectivity index (χ4v) is 2.89. The summed E-state index contributed by atoms with van der Waals surface area (Å²) in [6.45, 7) is 0. The lowest BCUT2D eigenvalue weighted by Gasteiger charge is -2.07. The van der Waals surface area contributed by atoms with Crippen LogP contribution in [0.3, 0.4) is 0 Å². The Balaban J connectivity index is 1.58. The molecular formula is C16H14BrClN4O. The van der Waals surface area contributed by atoms with E-state index < -0.39 is 0 Å². The maximum Gasteiger partial charge on any atom is 0.224 e. The fourth-order valence-electron chi connectivity index (χ4n) is 2.31. The van der Waals surface area contributed by atoms with E-state index in [4.69, 9.17) is 11.6 Å². The molecule has 0 aliphatic rings. The summed E-state index contributed by atoms with van der Waals surface area (Å²) in [7, 11) is 0. The van der Waals surface area contributed by atoms with E-state index in [0.29, 0.717) is 17.8 Å². The number of hydrogen-bond donors (Lipinski definition) is 1. The first kappa shape index (κ1) is 16.0. The highest BCUT2D eigenvalue weighted by Gasteiger charge is 2.09. The van der Waals surface area contributed by atoms with Crippen molar-refractivity contribution >= 4 is 44.8 Å². The number of nitrogens with zero attached hydrogens (tertiary/aromatic N) is 3. The number of anilines is 1. The van der Waals surface area contributed by atoms with Crippen LogP contribution in [0, 0.1) is 0 Å². The molecule has 1 aromatic carbocycles. The summed E-state index contributed by atoms with van der Waals surface area (Å²) in [5.74, 6) is -0.0398. The predicted molar refractivity (Wildman–Crippen MR) is 93.7 cm³/mol. The van der Waals surface area contributed by atoms with Crippen LogP contribution in [-0.4, -0.2) is 20.5 Å². The Labute approximate surface area is 146 Å². The molecule has 1 amide bonds. The van der Waals surface area contributed by atoms with Gasteiger partial charge in [-0.2, -0.15) is 0 Å². The third-order valence-corrected chi connectivity index (χ3v) is 4.10. The fraction of sp³-hybridized carbons (Fsp3) is 0.188. The lowest BCUT2D eigenvalue weighted by Crippen LogP contribution is -2.12. The minimum Gasteiger partial charge on any atom is -0.323 e. The summed E-state index contributed by atoms with van der Waals surface area (Å²) in [5, 5.41) is 11.5. The zero-order valence-corrected chi connectivity index (χ0v) is 14.5. The zero-order chi connectivity index (χ0) is 16.2. The van der Waals surface area contributed by atoms with Crippen LogP contribution in [0.1, 0.15) is 18.4 Å². The lowest BCUT2D eigenvalue weighted by molar-refractivity contribution is -0.116. The van der Waals surface area contributed by atoms with Crippen LogP contribution in [0.4, 0.5) is 5.69 Å². The number of benzene rings is 1. The van der Waals surface area contributed by atoms with Crippen LogP contribution in [0.25, 0.3) is 5.65 Å². The molecule has 0 radical (unpaired) electrons. The van der Waals surface area contributed by atoms with E-state index >= 15 is 0 Å². The van der Waals surface area contributed by atoms with Crippen LogP contribution in [0.5, 0.6) is 0 Å². The van der Waals surface area contributed by atoms with Gasteiger partial charge in [0.05, 0.1) is 5.69 Å². The number of rotatable bonds is 5. The molecule has 2 aromatic heterocycles. The molecule has 0 saturated carbocycles. The van der Waals surface area contributed by atoms with Crippen molar-refractivity contribution in [2.45, 2.75) is 19.3 Å². The second kappa shape index (κ2) is 7.10. The third kappa shape index (κ3) is 4.09. The average Bonchev–Trinajstić information content (AvgIpc) is 2.97. The number of nitrogens with one attached hydrogen (secondary N) is 1. The maximum absolute atomic E-state index is 12.1. The molecule has 1 N–H and O–H groups in total. The molecule has 0 aliphatic carbocycles. The van der Waals surface area contributed by atoms with Gasteiger partial charge in [-0.15, -0.1) is 10.2 Å². The molecule has 0 aliphatic heterocycles. The molecule has 0 fully saturated rings. The van der Waals surface area contributed by atoms with E-state index in [1.807, 2.05) is 36.5 Å². The molecular weight excluding hydrogens is 380 g/mol. The highest BCUT2D eigenvalue weighted by Crippen LogP contribution is 2.21. The van der Waals surface area contributed by atoms with E-state index in [9.17, 15) is 4.79 Å². The zero-order valence-electron chi connectivity index (χ0n) is 12.2. The number of aryl methyl sites for hydroxylation is 1. The Morgan fingerprint density at radius 2 is 2.09 bits per heavy atom. The first-order chi connectivity index (χ1) is 11.1. The molecule has 0 unspecified atom stereocenters. The average molecular weight is 394 g/mol. The molecule has 0 spiro atoms. The number of carbonyl (C=O) groups is 1. The molecule has 0 saturated heterocycles. The molecule has 0 atom stereocenters. The maximum atomic E-state index is 12.1. The van der Waals surface area contributed by atoms with Crippen molar-refractivity contribution in [3.8, 4) is 0 Å². The van der Waals surface area contributed by atoms with Gasteiger partial charge in [-0.05, 0) is 52.5 Å². The molecule has 2 heterocycles. The van der Waals surface area contributed by atoms with Crippen molar-refractivity contribution in [2.24, 2.45) is 0 Å². The molecule has 7 heteroatoms. The smallest absolute Gasteiger partial charge is 0.224 e. The van der Waals surface area contributed by atoms with Crippen molar-refractivity contribution < 1.29 is 4.79 Å². The van der Waals surface area contributed by atoms with Crippen molar-refractivity contribution in [1.82, 2.24) is 14.6 Å². The number of halogens is 2. The second-order valence-corrected chi connectivity index (χ2v) is 6.51. The van der Waals surface area contributed by atoms with Crippen LogP contribution >= 0.6 is 27.5 Å². The minimum atomic E-state index is -0.0398. The summed E-state index contributed by atoms with van der Waals surface area (Å²) in [6, 6.07) is 9.50.